The molecular formula is C13H17NO3. The summed E-state index contributed by atoms with van der Waals surface area (Å²) in [4.78, 5) is 15.2. The predicted octanol–water partition coefficient (Wildman–Crippen LogP) is 2.31. The van der Waals surface area contributed by atoms with Gasteiger partial charge in [-0.25, -0.2) is 4.79 Å². The van der Waals surface area contributed by atoms with Gasteiger partial charge < -0.3 is 10.2 Å². The van der Waals surface area contributed by atoms with Crippen molar-refractivity contribution in [3.05, 3.63) is 29.8 Å². The molecule has 1 rings (SSSR count). The van der Waals surface area contributed by atoms with Crippen molar-refractivity contribution in [2.75, 3.05) is 0 Å². The van der Waals surface area contributed by atoms with Crippen LogP contribution >= 0.6 is 0 Å². The number of aromatic hydroxyl groups is 1. The standard InChI is InChI=1S/C13H17NO3/c1-8(2)12(13(16)17)14-9(3)10-6-4-5-7-11(10)15/h4-8,12,15H,1-3H3,(H,16,17)/t12-/m0/s1. The first-order chi connectivity index (χ1) is 7.93. The van der Waals surface area contributed by atoms with E-state index in [4.69, 9.17) is 5.11 Å². The van der Waals surface area contributed by atoms with Gasteiger partial charge in [0, 0.05) is 11.3 Å². The van der Waals surface area contributed by atoms with E-state index in [0.29, 0.717) is 11.3 Å². The molecule has 0 unspecified atom stereocenters. The van der Waals surface area contributed by atoms with Crippen molar-refractivity contribution in [2.45, 2.75) is 26.8 Å². The number of benzene rings is 1. The van der Waals surface area contributed by atoms with Crippen molar-refractivity contribution in [1.29, 1.82) is 0 Å². The van der Waals surface area contributed by atoms with Gasteiger partial charge >= 0.3 is 5.97 Å². The number of para-hydroxylation sites is 1. The summed E-state index contributed by atoms with van der Waals surface area (Å²) in [6, 6.07) is 5.98. The van der Waals surface area contributed by atoms with Crippen LogP contribution in [-0.4, -0.2) is 27.9 Å². The summed E-state index contributed by atoms with van der Waals surface area (Å²) in [6.45, 7) is 5.31. The minimum atomic E-state index is -0.949. The predicted molar refractivity (Wildman–Crippen MR) is 66.6 cm³/mol. The second-order valence-electron chi connectivity index (χ2n) is 4.26. The smallest absolute Gasteiger partial charge is 0.328 e. The number of aliphatic imine (C=N–C) groups is 1. The molecule has 1 aromatic rings. The van der Waals surface area contributed by atoms with E-state index in [-0.39, 0.29) is 11.7 Å². The molecule has 0 aliphatic heterocycles. The van der Waals surface area contributed by atoms with Crippen molar-refractivity contribution >= 4 is 11.7 Å². The van der Waals surface area contributed by atoms with Gasteiger partial charge in [-0.05, 0) is 25.0 Å². The highest BCUT2D eigenvalue weighted by Crippen LogP contribution is 2.18. The van der Waals surface area contributed by atoms with E-state index in [1.807, 2.05) is 0 Å². The highest BCUT2D eigenvalue weighted by Gasteiger charge is 2.20. The summed E-state index contributed by atoms with van der Waals surface area (Å²) in [5.41, 5.74) is 1.10. The number of carboxylic acids is 1. The molecule has 4 heteroatoms. The van der Waals surface area contributed by atoms with Gasteiger partial charge in [-0.2, -0.15) is 0 Å². The molecule has 0 fully saturated rings. The van der Waals surface area contributed by atoms with Crippen molar-refractivity contribution in [1.82, 2.24) is 0 Å². The number of nitrogens with zero attached hydrogens (tertiary/aromatic N) is 1. The Morgan fingerprint density at radius 2 is 1.88 bits per heavy atom. The van der Waals surface area contributed by atoms with Crippen LogP contribution in [0.2, 0.25) is 0 Å². The van der Waals surface area contributed by atoms with E-state index in [9.17, 15) is 9.90 Å². The van der Waals surface area contributed by atoms with Gasteiger partial charge in [0.05, 0.1) is 0 Å². The quantitative estimate of drug-likeness (QED) is 0.787. The maximum absolute atomic E-state index is 11.0. The average Bonchev–Trinajstić information content (AvgIpc) is 2.25. The van der Waals surface area contributed by atoms with Crippen LogP contribution in [0.1, 0.15) is 26.3 Å². The molecule has 0 aromatic heterocycles. The van der Waals surface area contributed by atoms with Crippen molar-refractivity contribution in [3.8, 4) is 5.75 Å². The largest absolute Gasteiger partial charge is 0.507 e. The zero-order valence-corrected chi connectivity index (χ0v) is 10.2. The van der Waals surface area contributed by atoms with Crippen LogP contribution < -0.4 is 0 Å². The number of aliphatic carboxylic acids is 1. The summed E-state index contributed by atoms with van der Waals surface area (Å²) in [5.74, 6) is -0.926. The Kier molecular flexibility index (Phi) is 4.26. The number of rotatable bonds is 4. The summed E-state index contributed by atoms with van der Waals surface area (Å²) in [6.07, 6.45) is 0. The first-order valence-electron chi connectivity index (χ1n) is 5.49. The summed E-state index contributed by atoms with van der Waals surface area (Å²) in [7, 11) is 0. The van der Waals surface area contributed by atoms with Crippen molar-refractivity contribution in [2.24, 2.45) is 10.9 Å². The van der Waals surface area contributed by atoms with Crippen LogP contribution in [0.3, 0.4) is 0 Å². The van der Waals surface area contributed by atoms with Crippen LogP contribution in [0.25, 0.3) is 0 Å². The molecule has 0 heterocycles. The molecule has 4 nitrogen and oxygen atoms in total. The fourth-order valence-electron chi connectivity index (χ4n) is 1.55. The molecule has 0 aliphatic rings. The Balaban J connectivity index is 3.07. The third-order valence-electron chi connectivity index (χ3n) is 2.51. The van der Waals surface area contributed by atoms with E-state index in [1.54, 1.807) is 45.0 Å². The summed E-state index contributed by atoms with van der Waals surface area (Å²) >= 11 is 0. The first-order valence-corrected chi connectivity index (χ1v) is 5.49. The van der Waals surface area contributed by atoms with Gasteiger partial charge in [0.25, 0.3) is 0 Å². The zero-order chi connectivity index (χ0) is 13.0. The molecule has 0 saturated heterocycles. The van der Waals surface area contributed by atoms with E-state index in [2.05, 4.69) is 4.99 Å². The van der Waals surface area contributed by atoms with E-state index >= 15 is 0 Å². The van der Waals surface area contributed by atoms with Crippen molar-refractivity contribution in [3.63, 3.8) is 0 Å². The molecule has 1 aromatic carbocycles. The Morgan fingerprint density at radius 3 is 2.35 bits per heavy atom. The third-order valence-corrected chi connectivity index (χ3v) is 2.51. The minimum Gasteiger partial charge on any atom is -0.507 e. The molecule has 2 N–H and O–H groups in total. The molecule has 0 bridgehead atoms. The lowest BCUT2D eigenvalue weighted by Crippen LogP contribution is -2.25. The molecule has 0 spiro atoms. The maximum atomic E-state index is 11.0. The molecule has 0 radical (unpaired) electrons. The number of carbonyl (C=O) groups is 1. The molecule has 0 aliphatic carbocycles. The van der Waals surface area contributed by atoms with Gasteiger partial charge in [0.2, 0.25) is 0 Å². The van der Waals surface area contributed by atoms with Crippen LogP contribution in [0.15, 0.2) is 29.3 Å². The second kappa shape index (κ2) is 5.48. The maximum Gasteiger partial charge on any atom is 0.328 e. The van der Waals surface area contributed by atoms with Crippen LogP contribution in [0.4, 0.5) is 0 Å². The molecular weight excluding hydrogens is 218 g/mol. The summed E-state index contributed by atoms with van der Waals surface area (Å²) in [5, 5.41) is 18.7. The monoisotopic (exact) mass is 235 g/mol. The SMILES string of the molecule is CC(=N[C@H](C(=O)O)C(C)C)c1ccccc1O. The molecule has 1 atom stereocenters. The highest BCUT2D eigenvalue weighted by molar-refractivity contribution is 6.02. The first kappa shape index (κ1) is 13.2. The van der Waals surface area contributed by atoms with Crippen LogP contribution in [-0.2, 0) is 4.79 Å². The second-order valence-corrected chi connectivity index (χ2v) is 4.26. The lowest BCUT2D eigenvalue weighted by molar-refractivity contribution is -0.139. The Labute approximate surface area is 101 Å². The van der Waals surface area contributed by atoms with Gasteiger partial charge in [-0.1, -0.05) is 26.0 Å². The lowest BCUT2D eigenvalue weighted by atomic mass is 10.0. The number of hydrogen-bond donors (Lipinski definition) is 2. The number of carboxylic acid groups (broad SMARTS) is 1. The Bertz CT molecular complexity index is 438. The number of hydrogen-bond acceptors (Lipinski definition) is 3. The highest BCUT2D eigenvalue weighted by atomic mass is 16.4. The van der Waals surface area contributed by atoms with Crippen LogP contribution in [0.5, 0.6) is 5.75 Å². The van der Waals surface area contributed by atoms with Gasteiger partial charge in [-0.15, -0.1) is 0 Å². The van der Waals surface area contributed by atoms with Gasteiger partial charge in [0.15, 0.2) is 0 Å². The molecule has 92 valence electrons. The van der Waals surface area contributed by atoms with E-state index in [0.717, 1.165) is 0 Å². The van der Waals surface area contributed by atoms with Crippen molar-refractivity contribution < 1.29 is 15.0 Å². The minimum absolute atomic E-state index is 0.0895. The Morgan fingerprint density at radius 1 is 1.29 bits per heavy atom. The zero-order valence-electron chi connectivity index (χ0n) is 10.2. The van der Waals surface area contributed by atoms with Gasteiger partial charge in [-0.3, -0.25) is 4.99 Å². The average molecular weight is 235 g/mol. The molecule has 0 amide bonds. The normalized spacial score (nSPS) is 13.8. The molecule has 0 saturated carbocycles. The van der Waals surface area contributed by atoms with E-state index in [1.165, 1.54) is 0 Å². The topological polar surface area (TPSA) is 69.9 Å². The van der Waals surface area contributed by atoms with Crippen LogP contribution in [0, 0.1) is 5.92 Å². The fraction of sp³-hybridized carbons (Fsp3) is 0.385. The third kappa shape index (κ3) is 3.31. The summed E-state index contributed by atoms with van der Waals surface area (Å²) < 4.78 is 0. The van der Waals surface area contributed by atoms with E-state index < -0.39 is 12.0 Å². The Hall–Kier alpha value is -1.84. The lowest BCUT2D eigenvalue weighted by Gasteiger charge is -2.13. The fourth-order valence-corrected chi connectivity index (χ4v) is 1.55. The molecule has 17 heavy (non-hydrogen) atoms. The number of phenolic OH excluding ortho intramolecular Hbond substituents is 1. The number of phenols is 1. The van der Waals surface area contributed by atoms with Gasteiger partial charge in [0.1, 0.15) is 11.8 Å².